The van der Waals surface area contributed by atoms with E-state index in [9.17, 15) is 17.2 Å². The van der Waals surface area contributed by atoms with Gasteiger partial charge in [0.15, 0.2) is 0 Å². The van der Waals surface area contributed by atoms with E-state index < -0.39 is 26.4 Å². The Hall–Kier alpha value is -0.200. The average molecular weight is 306 g/mol. The van der Waals surface area contributed by atoms with Gasteiger partial charge in [0.1, 0.15) is 11.6 Å². The van der Waals surface area contributed by atoms with E-state index in [4.69, 9.17) is 10.7 Å². The standard InChI is InChI=1S/C7H4BrClF2O2S/c8-7-5(10)1-4(2-6(7)11)3-14(9,12)13/h1-2H,3H2. The van der Waals surface area contributed by atoms with Crippen LogP contribution in [-0.4, -0.2) is 8.42 Å². The Bertz CT molecular complexity index is 438. The summed E-state index contributed by atoms with van der Waals surface area (Å²) in [7, 11) is 1.13. The fraction of sp³-hybridized carbons (Fsp3) is 0.143. The van der Waals surface area contributed by atoms with Crippen LogP contribution in [0.3, 0.4) is 0 Å². The molecule has 0 aliphatic carbocycles. The lowest BCUT2D eigenvalue weighted by molar-refractivity contribution is 0.569. The molecule has 1 aromatic rings. The second-order valence-corrected chi connectivity index (χ2v) is 6.13. The molecule has 0 heterocycles. The SMILES string of the molecule is O=S(=O)(Cl)Cc1cc(F)c(Br)c(F)c1. The van der Waals surface area contributed by atoms with E-state index in [2.05, 4.69) is 15.9 Å². The van der Waals surface area contributed by atoms with Crippen molar-refractivity contribution in [1.82, 2.24) is 0 Å². The zero-order chi connectivity index (χ0) is 10.9. The zero-order valence-corrected chi connectivity index (χ0v) is 9.76. The summed E-state index contributed by atoms with van der Waals surface area (Å²) in [5.74, 6) is -2.32. The first-order valence-corrected chi connectivity index (χ1v) is 6.62. The lowest BCUT2D eigenvalue weighted by Crippen LogP contribution is -1.97. The van der Waals surface area contributed by atoms with Crippen molar-refractivity contribution in [2.24, 2.45) is 0 Å². The second kappa shape index (κ2) is 4.12. The Kier molecular flexibility index (Phi) is 3.49. The fourth-order valence-electron chi connectivity index (χ4n) is 0.890. The number of benzene rings is 1. The van der Waals surface area contributed by atoms with Gasteiger partial charge >= 0.3 is 0 Å². The molecule has 0 N–H and O–H groups in total. The first kappa shape index (κ1) is 11.9. The van der Waals surface area contributed by atoms with Crippen molar-refractivity contribution >= 4 is 35.7 Å². The van der Waals surface area contributed by atoms with Crippen molar-refractivity contribution in [3.05, 3.63) is 33.8 Å². The Morgan fingerprint density at radius 2 is 1.71 bits per heavy atom. The second-order valence-electron chi connectivity index (χ2n) is 2.56. The summed E-state index contributed by atoms with van der Waals surface area (Å²) in [6, 6.07) is 1.82. The summed E-state index contributed by atoms with van der Waals surface area (Å²) in [5, 5.41) is 0. The van der Waals surface area contributed by atoms with E-state index >= 15 is 0 Å². The molecule has 1 rings (SSSR count). The van der Waals surface area contributed by atoms with Crippen LogP contribution in [0, 0.1) is 11.6 Å². The summed E-state index contributed by atoms with van der Waals surface area (Å²) >= 11 is 2.66. The molecule has 0 spiro atoms. The zero-order valence-electron chi connectivity index (χ0n) is 6.60. The van der Waals surface area contributed by atoms with Gasteiger partial charge < -0.3 is 0 Å². The van der Waals surface area contributed by atoms with Crippen molar-refractivity contribution in [3.8, 4) is 0 Å². The Labute approximate surface area is 92.4 Å². The number of rotatable bonds is 2. The van der Waals surface area contributed by atoms with Gasteiger partial charge in [0.2, 0.25) is 9.05 Å². The van der Waals surface area contributed by atoms with E-state index in [1.165, 1.54) is 0 Å². The van der Waals surface area contributed by atoms with Crippen LogP contribution in [-0.2, 0) is 14.8 Å². The molecule has 2 nitrogen and oxygen atoms in total. The molecule has 0 radical (unpaired) electrons. The molecule has 78 valence electrons. The van der Waals surface area contributed by atoms with Gasteiger partial charge in [0, 0.05) is 10.7 Å². The van der Waals surface area contributed by atoms with Gasteiger partial charge in [0.25, 0.3) is 0 Å². The third-order valence-corrected chi connectivity index (χ3v) is 3.15. The quantitative estimate of drug-likeness (QED) is 0.622. The highest BCUT2D eigenvalue weighted by Gasteiger charge is 2.12. The summed E-state index contributed by atoms with van der Waals surface area (Å²) in [6.07, 6.45) is 0. The van der Waals surface area contributed by atoms with Crippen LogP contribution in [0.2, 0.25) is 0 Å². The molecule has 7 heteroatoms. The van der Waals surface area contributed by atoms with Crippen LogP contribution in [0.5, 0.6) is 0 Å². The predicted molar refractivity (Wildman–Crippen MR) is 52.5 cm³/mol. The average Bonchev–Trinajstić information content (AvgIpc) is 1.96. The van der Waals surface area contributed by atoms with E-state index in [1.807, 2.05) is 0 Å². The van der Waals surface area contributed by atoms with Crippen molar-refractivity contribution in [3.63, 3.8) is 0 Å². The highest BCUT2D eigenvalue weighted by Crippen LogP contribution is 2.22. The van der Waals surface area contributed by atoms with E-state index in [-0.39, 0.29) is 10.0 Å². The van der Waals surface area contributed by atoms with Crippen LogP contribution < -0.4 is 0 Å². The first-order chi connectivity index (χ1) is 6.29. The van der Waals surface area contributed by atoms with Gasteiger partial charge in [-0.05, 0) is 33.6 Å². The Morgan fingerprint density at radius 3 is 2.07 bits per heavy atom. The summed E-state index contributed by atoms with van der Waals surface area (Å²) in [6.45, 7) is 0. The number of halogens is 4. The molecule has 0 saturated carbocycles. The lowest BCUT2D eigenvalue weighted by Gasteiger charge is -2.01. The van der Waals surface area contributed by atoms with Gasteiger partial charge in [0.05, 0.1) is 10.2 Å². The van der Waals surface area contributed by atoms with Gasteiger partial charge in [-0.3, -0.25) is 0 Å². The minimum absolute atomic E-state index is 0.0294. The molecule has 0 aliphatic heterocycles. The summed E-state index contributed by atoms with van der Waals surface area (Å²) in [5.41, 5.74) is -0.0294. The molecule has 0 unspecified atom stereocenters. The molecule has 0 aliphatic rings. The molecule has 0 fully saturated rings. The van der Waals surface area contributed by atoms with E-state index in [0.29, 0.717) is 0 Å². The normalized spacial score (nSPS) is 11.7. The van der Waals surface area contributed by atoms with Gasteiger partial charge in [-0.1, -0.05) is 0 Å². The van der Waals surface area contributed by atoms with Crippen molar-refractivity contribution in [1.29, 1.82) is 0 Å². The van der Waals surface area contributed by atoms with Crippen LogP contribution in [0.25, 0.3) is 0 Å². The minimum atomic E-state index is -3.80. The molecular formula is C7H4BrClF2O2S. The maximum atomic E-state index is 12.9. The molecule has 14 heavy (non-hydrogen) atoms. The fourth-order valence-corrected chi connectivity index (χ4v) is 2.06. The van der Waals surface area contributed by atoms with Crippen LogP contribution in [0.1, 0.15) is 5.56 Å². The first-order valence-electron chi connectivity index (χ1n) is 3.35. The maximum absolute atomic E-state index is 12.9. The molecule has 0 amide bonds. The summed E-state index contributed by atoms with van der Waals surface area (Å²) in [4.78, 5) is 0. The summed E-state index contributed by atoms with van der Waals surface area (Å²) < 4.78 is 46.7. The Balaban J connectivity index is 3.14. The molecule has 1 aromatic carbocycles. The van der Waals surface area contributed by atoms with Gasteiger partial charge in [-0.15, -0.1) is 0 Å². The molecule has 0 atom stereocenters. The minimum Gasteiger partial charge on any atom is -0.212 e. The van der Waals surface area contributed by atoms with E-state index in [1.54, 1.807) is 0 Å². The van der Waals surface area contributed by atoms with E-state index in [0.717, 1.165) is 12.1 Å². The van der Waals surface area contributed by atoms with Crippen LogP contribution in [0.4, 0.5) is 8.78 Å². The predicted octanol–water partition coefficient (Wildman–Crippen LogP) is 2.80. The monoisotopic (exact) mass is 304 g/mol. The van der Waals surface area contributed by atoms with Crippen LogP contribution >= 0.6 is 26.6 Å². The molecular weight excluding hydrogens is 301 g/mol. The lowest BCUT2D eigenvalue weighted by atomic mass is 10.2. The smallest absolute Gasteiger partial charge is 0.212 e. The Morgan fingerprint density at radius 1 is 1.29 bits per heavy atom. The number of hydrogen-bond donors (Lipinski definition) is 0. The number of hydrogen-bond acceptors (Lipinski definition) is 2. The maximum Gasteiger partial charge on any atom is 0.236 e. The third-order valence-electron chi connectivity index (χ3n) is 1.38. The van der Waals surface area contributed by atoms with Crippen molar-refractivity contribution in [2.75, 3.05) is 0 Å². The van der Waals surface area contributed by atoms with Gasteiger partial charge in [-0.2, -0.15) is 0 Å². The van der Waals surface area contributed by atoms with Gasteiger partial charge in [-0.25, -0.2) is 17.2 Å². The van der Waals surface area contributed by atoms with Crippen molar-refractivity contribution in [2.45, 2.75) is 5.75 Å². The largest absolute Gasteiger partial charge is 0.236 e. The molecule has 0 bridgehead atoms. The molecule has 0 aromatic heterocycles. The highest BCUT2D eigenvalue weighted by molar-refractivity contribution is 9.10. The third kappa shape index (κ3) is 3.18. The topological polar surface area (TPSA) is 34.1 Å². The van der Waals surface area contributed by atoms with Crippen molar-refractivity contribution < 1.29 is 17.2 Å². The van der Waals surface area contributed by atoms with Crippen LogP contribution in [0.15, 0.2) is 16.6 Å². The highest BCUT2D eigenvalue weighted by atomic mass is 79.9. The molecule has 0 saturated heterocycles.